The molecule has 0 aromatic heterocycles. The van der Waals surface area contributed by atoms with E-state index in [1.807, 2.05) is 36.1 Å². The number of benzene rings is 1. The van der Waals surface area contributed by atoms with Crippen molar-refractivity contribution in [1.29, 1.82) is 0 Å². The van der Waals surface area contributed by atoms with Crippen molar-refractivity contribution in [3.8, 4) is 5.75 Å². The van der Waals surface area contributed by atoms with Crippen LogP contribution in [-0.2, 0) is 4.79 Å². The van der Waals surface area contributed by atoms with Crippen molar-refractivity contribution >= 4 is 21.8 Å². The van der Waals surface area contributed by atoms with E-state index < -0.39 is 6.10 Å². The molecule has 1 fully saturated rings. The number of hydrogen-bond acceptors (Lipinski definition) is 3. The molecule has 0 radical (unpaired) electrons. The minimum absolute atomic E-state index is 0.0707. The van der Waals surface area contributed by atoms with Crippen molar-refractivity contribution in [1.82, 2.24) is 10.2 Å². The first kappa shape index (κ1) is 16.3. The van der Waals surface area contributed by atoms with Gasteiger partial charge >= 0.3 is 0 Å². The maximum atomic E-state index is 12.7. The Morgan fingerprint density at radius 2 is 2.29 bits per heavy atom. The van der Waals surface area contributed by atoms with Gasteiger partial charge in [0.15, 0.2) is 6.10 Å². The van der Waals surface area contributed by atoms with Gasteiger partial charge in [-0.25, -0.2) is 0 Å². The molecule has 1 saturated heterocycles. The molecule has 2 unspecified atom stereocenters. The Morgan fingerprint density at radius 1 is 1.52 bits per heavy atom. The zero-order valence-electron chi connectivity index (χ0n) is 12.6. The van der Waals surface area contributed by atoms with Crippen LogP contribution in [0.4, 0.5) is 0 Å². The molecule has 2 atom stereocenters. The number of rotatable bonds is 6. The van der Waals surface area contributed by atoms with Crippen LogP contribution in [0.15, 0.2) is 28.7 Å². The molecule has 1 amide bonds. The van der Waals surface area contributed by atoms with Gasteiger partial charge in [-0.2, -0.15) is 0 Å². The predicted molar refractivity (Wildman–Crippen MR) is 87.5 cm³/mol. The van der Waals surface area contributed by atoms with E-state index in [0.29, 0.717) is 11.8 Å². The molecule has 1 aliphatic heterocycles. The summed E-state index contributed by atoms with van der Waals surface area (Å²) >= 11 is 3.45. The molecule has 1 heterocycles. The van der Waals surface area contributed by atoms with Crippen LogP contribution in [0.3, 0.4) is 0 Å². The number of halogens is 1. The normalized spacial score (nSPS) is 19.3. The number of carbonyl (C=O) groups excluding carboxylic acids is 1. The van der Waals surface area contributed by atoms with E-state index in [1.54, 1.807) is 0 Å². The lowest BCUT2D eigenvalue weighted by Crippen LogP contribution is -2.47. The van der Waals surface area contributed by atoms with Gasteiger partial charge in [0.2, 0.25) is 0 Å². The van der Waals surface area contributed by atoms with Gasteiger partial charge in [-0.1, -0.05) is 19.1 Å². The topological polar surface area (TPSA) is 41.6 Å². The number of nitrogens with zero attached hydrogens (tertiary/aromatic N) is 1. The van der Waals surface area contributed by atoms with Crippen LogP contribution < -0.4 is 10.1 Å². The van der Waals surface area contributed by atoms with E-state index in [-0.39, 0.29) is 5.91 Å². The minimum Gasteiger partial charge on any atom is -0.480 e. The maximum Gasteiger partial charge on any atom is 0.263 e. The number of para-hydroxylation sites is 1. The van der Waals surface area contributed by atoms with Gasteiger partial charge in [0.05, 0.1) is 4.47 Å². The molecule has 1 N–H and O–H groups in total. The second-order valence-corrected chi connectivity index (χ2v) is 6.22. The summed E-state index contributed by atoms with van der Waals surface area (Å²) in [4.78, 5) is 14.7. The summed E-state index contributed by atoms with van der Waals surface area (Å²) in [5, 5.41) is 3.32. The molecule has 2 rings (SSSR count). The Kier molecular flexibility index (Phi) is 6.06. The molecule has 0 saturated carbocycles. The maximum absolute atomic E-state index is 12.7. The van der Waals surface area contributed by atoms with Gasteiger partial charge < -0.3 is 15.0 Å². The molecule has 0 spiro atoms. The highest BCUT2D eigenvalue weighted by molar-refractivity contribution is 9.10. The van der Waals surface area contributed by atoms with Crippen LogP contribution in [-0.4, -0.2) is 42.6 Å². The van der Waals surface area contributed by atoms with E-state index in [2.05, 4.69) is 28.2 Å². The Morgan fingerprint density at radius 3 is 2.90 bits per heavy atom. The Balaban J connectivity index is 2.03. The number of carbonyl (C=O) groups is 1. The summed E-state index contributed by atoms with van der Waals surface area (Å²) in [6.45, 7) is 6.58. The number of amides is 1. The van der Waals surface area contributed by atoms with Crippen molar-refractivity contribution in [2.45, 2.75) is 38.8 Å². The summed E-state index contributed by atoms with van der Waals surface area (Å²) in [6, 6.07) is 7.91. The first-order valence-electron chi connectivity index (χ1n) is 7.56. The van der Waals surface area contributed by atoms with E-state index in [0.717, 1.165) is 36.9 Å². The molecule has 0 aliphatic carbocycles. The third kappa shape index (κ3) is 4.20. The highest BCUT2D eigenvalue weighted by atomic mass is 79.9. The van der Waals surface area contributed by atoms with Crippen LogP contribution in [0, 0.1) is 0 Å². The molecule has 1 aromatic carbocycles. The van der Waals surface area contributed by atoms with Gasteiger partial charge in [0, 0.05) is 19.1 Å². The number of nitrogens with one attached hydrogen (secondary N) is 1. The van der Waals surface area contributed by atoms with Crippen LogP contribution in [0.1, 0.15) is 26.7 Å². The van der Waals surface area contributed by atoms with Crippen molar-refractivity contribution in [3.05, 3.63) is 28.7 Å². The van der Waals surface area contributed by atoms with Crippen LogP contribution in [0.2, 0.25) is 0 Å². The average molecular weight is 355 g/mol. The summed E-state index contributed by atoms with van der Waals surface area (Å²) in [5.74, 6) is 0.778. The largest absolute Gasteiger partial charge is 0.480 e. The van der Waals surface area contributed by atoms with Crippen molar-refractivity contribution in [2.24, 2.45) is 0 Å². The molecule has 1 aromatic rings. The average Bonchev–Trinajstić information content (AvgIpc) is 3.00. The highest BCUT2D eigenvalue weighted by Gasteiger charge is 2.29. The standard InChI is InChI=1S/C16H23BrN2O2/c1-3-10-19(13-8-9-18-11-13)16(20)12(2)21-15-7-5-4-6-14(15)17/h4-7,12-13,18H,3,8-11H2,1-2H3. The van der Waals surface area contributed by atoms with Crippen LogP contribution >= 0.6 is 15.9 Å². The summed E-state index contributed by atoms with van der Waals surface area (Å²) in [5.41, 5.74) is 0. The molecule has 1 aliphatic rings. The Hall–Kier alpha value is -1.07. The number of ether oxygens (including phenoxy) is 1. The monoisotopic (exact) mass is 354 g/mol. The number of hydrogen-bond donors (Lipinski definition) is 1. The lowest BCUT2D eigenvalue weighted by molar-refractivity contribution is -0.140. The Labute approximate surface area is 135 Å². The quantitative estimate of drug-likeness (QED) is 0.853. The first-order chi connectivity index (χ1) is 10.1. The van der Waals surface area contributed by atoms with Crippen LogP contribution in [0.25, 0.3) is 0 Å². The lowest BCUT2D eigenvalue weighted by Gasteiger charge is -2.30. The predicted octanol–water partition coefficient (Wildman–Crippen LogP) is 2.82. The van der Waals surface area contributed by atoms with Gasteiger partial charge in [0.25, 0.3) is 5.91 Å². The van der Waals surface area contributed by atoms with E-state index in [9.17, 15) is 4.79 Å². The second-order valence-electron chi connectivity index (χ2n) is 5.37. The first-order valence-corrected chi connectivity index (χ1v) is 8.35. The molecule has 5 heteroatoms. The van der Waals surface area contributed by atoms with Crippen molar-refractivity contribution < 1.29 is 9.53 Å². The zero-order valence-corrected chi connectivity index (χ0v) is 14.2. The molecular weight excluding hydrogens is 332 g/mol. The summed E-state index contributed by atoms with van der Waals surface area (Å²) < 4.78 is 6.70. The van der Waals surface area contributed by atoms with E-state index in [4.69, 9.17) is 4.74 Å². The highest BCUT2D eigenvalue weighted by Crippen LogP contribution is 2.25. The lowest BCUT2D eigenvalue weighted by atomic mass is 10.2. The third-order valence-corrected chi connectivity index (χ3v) is 4.37. The van der Waals surface area contributed by atoms with Crippen molar-refractivity contribution in [2.75, 3.05) is 19.6 Å². The summed E-state index contributed by atoms with van der Waals surface area (Å²) in [7, 11) is 0. The Bertz CT molecular complexity index is 475. The summed E-state index contributed by atoms with van der Waals surface area (Å²) in [6.07, 6.45) is 1.51. The fourth-order valence-corrected chi connectivity index (χ4v) is 3.01. The van der Waals surface area contributed by atoms with E-state index >= 15 is 0 Å². The molecule has 4 nitrogen and oxygen atoms in total. The fourth-order valence-electron chi connectivity index (χ4n) is 2.63. The zero-order chi connectivity index (χ0) is 15.2. The van der Waals surface area contributed by atoms with Crippen LogP contribution in [0.5, 0.6) is 5.75 Å². The minimum atomic E-state index is -0.476. The van der Waals surface area contributed by atoms with Gasteiger partial charge in [-0.15, -0.1) is 0 Å². The molecule has 116 valence electrons. The molecule has 0 bridgehead atoms. The SMILES string of the molecule is CCCN(C(=O)C(C)Oc1ccccc1Br)C1CCNC1. The molecular formula is C16H23BrN2O2. The van der Waals surface area contributed by atoms with Crippen molar-refractivity contribution in [3.63, 3.8) is 0 Å². The smallest absolute Gasteiger partial charge is 0.263 e. The second kappa shape index (κ2) is 7.80. The molecule has 21 heavy (non-hydrogen) atoms. The fraction of sp³-hybridized carbons (Fsp3) is 0.562. The van der Waals surface area contributed by atoms with Gasteiger partial charge in [0.1, 0.15) is 5.75 Å². The third-order valence-electron chi connectivity index (χ3n) is 3.71. The van der Waals surface area contributed by atoms with E-state index in [1.165, 1.54) is 0 Å². The van der Waals surface area contributed by atoms with Gasteiger partial charge in [-0.05, 0) is 54.4 Å². The van der Waals surface area contributed by atoms with Gasteiger partial charge in [-0.3, -0.25) is 4.79 Å².